The largest absolute Gasteiger partial charge is 0.356 e. The molecule has 0 bridgehead atoms. The van der Waals surface area contributed by atoms with Gasteiger partial charge in [-0.1, -0.05) is 15.9 Å². The summed E-state index contributed by atoms with van der Waals surface area (Å²) in [5, 5.41) is 3.03. The van der Waals surface area contributed by atoms with Crippen LogP contribution in [0.25, 0.3) is 0 Å². The van der Waals surface area contributed by atoms with Crippen LogP contribution in [0, 0.1) is 5.92 Å². The second-order valence-corrected chi connectivity index (χ2v) is 10.2. The van der Waals surface area contributed by atoms with Crippen LogP contribution in [0.15, 0.2) is 33.6 Å². The highest BCUT2D eigenvalue weighted by Crippen LogP contribution is 2.25. The van der Waals surface area contributed by atoms with E-state index in [1.165, 1.54) is 30.2 Å². The topological polar surface area (TPSA) is 69.7 Å². The van der Waals surface area contributed by atoms with Gasteiger partial charge in [-0.2, -0.15) is 4.31 Å². The van der Waals surface area contributed by atoms with Gasteiger partial charge in [-0.05, 0) is 76.0 Å². The molecule has 2 heterocycles. The van der Waals surface area contributed by atoms with Gasteiger partial charge in [0.05, 0.1) is 4.90 Å². The zero-order valence-electron chi connectivity index (χ0n) is 15.6. The molecule has 0 atom stereocenters. The van der Waals surface area contributed by atoms with Crippen molar-refractivity contribution in [2.45, 2.75) is 37.0 Å². The van der Waals surface area contributed by atoms with Crippen LogP contribution in [0.1, 0.15) is 32.1 Å². The number of piperidine rings is 1. The van der Waals surface area contributed by atoms with E-state index in [0.29, 0.717) is 37.4 Å². The van der Waals surface area contributed by atoms with Gasteiger partial charge in [-0.25, -0.2) is 8.42 Å². The summed E-state index contributed by atoms with van der Waals surface area (Å²) in [5.74, 6) is -0.0229. The van der Waals surface area contributed by atoms with Crippen molar-refractivity contribution in [2.75, 3.05) is 39.3 Å². The van der Waals surface area contributed by atoms with Crippen molar-refractivity contribution in [1.29, 1.82) is 0 Å². The number of benzene rings is 1. The zero-order chi connectivity index (χ0) is 19.3. The number of nitrogens with zero attached hydrogens (tertiary/aromatic N) is 2. The van der Waals surface area contributed by atoms with Gasteiger partial charge in [0.2, 0.25) is 15.9 Å². The Bertz CT molecular complexity index is 725. The van der Waals surface area contributed by atoms with Crippen molar-refractivity contribution in [2.24, 2.45) is 5.92 Å². The molecule has 1 aromatic rings. The maximum atomic E-state index is 12.7. The fourth-order valence-corrected chi connectivity index (χ4v) is 5.51. The first-order valence-electron chi connectivity index (χ1n) is 9.72. The van der Waals surface area contributed by atoms with Gasteiger partial charge < -0.3 is 10.2 Å². The van der Waals surface area contributed by atoms with Gasteiger partial charge >= 0.3 is 0 Å². The van der Waals surface area contributed by atoms with Crippen LogP contribution in [-0.4, -0.2) is 62.8 Å². The first-order valence-corrected chi connectivity index (χ1v) is 12.0. The average molecular weight is 458 g/mol. The molecule has 2 aliphatic heterocycles. The number of halogens is 1. The Morgan fingerprint density at radius 1 is 1.07 bits per heavy atom. The van der Waals surface area contributed by atoms with Crippen molar-refractivity contribution < 1.29 is 13.2 Å². The highest BCUT2D eigenvalue weighted by atomic mass is 79.9. The molecule has 0 aliphatic carbocycles. The van der Waals surface area contributed by atoms with Crippen LogP contribution in [0.3, 0.4) is 0 Å². The second kappa shape index (κ2) is 9.49. The maximum Gasteiger partial charge on any atom is 0.243 e. The number of carbonyl (C=O) groups excluding carboxylic acids is 1. The molecule has 0 saturated carbocycles. The molecular formula is C19H28BrN3O3S. The number of nitrogens with one attached hydrogen (secondary N) is 1. The predicted octanol–water partition coefficient (Wildman–Crippen LogP) is 2.45. The molecule has 1 aromatic carbocycles. The van der Waals surface area contributed by atoms with Crippen molar-refractivity contribution >= 4 is 31.9 Å². The molecule has 1 amide bonds. The number of rotatable bonds is 7. The molecular weight excluding hydrogens is 430 g/mol. The van der Waals surface area contributed by atoms with E-state index < -0.39 is 10.0 Å². The molecule has 150 valence electrons. The quantitative estimate of drug-likeness (QED) is 0.638. The fourth-order valence-electron chi connectivity index (χ4n) is 3.78. The van der Waals surface area contributed by atoms with Crippen LogP contribution in [-0.2, 0) is 14.8 Å². The third-order valence-electron chi connectivity index (χ3n) is 5.43. The number of likely N-dealkylation sites (tertiary alicyclic amines) is 1. The van der Waals surface area contributed by atoms with E-state index in [1.807, 2.05) is 0 Å². The lowest BCUT2D eigenvalue weighted by Gasteiger charge is -2.30. The lowest BCUT2D eigenvalue weighted by Crippen LogP contribution is -2.43. The lowest BCUT2D eigenvalue weighted by molar-refractivity contribution is -0.126. The Kier molecular flexibility index (Phi) is 7.30. The third kappa shape index (κ3) is 5.53. The maximum absolute atomic E-state index is 12.7. The molecule has 8 heteroatoms. The number of hydrogen-bond acceptors (Lipinski definition) is 4. The smallest absolute Gasteiger partial charge is 0.243 e. The standard InChI is InChI=1S/C19H28BrN3O3S/c20-17-4-6-18(7-5-17)27(25,26)23-14-8-16(9-15-23)19(24)21-10-3-13-22-11-1-2-12-22/h4-7,16H,1-3,8-15H2,(H,21,24). The Morgan fingerprint density at radius 2 is 1.70 bits per heavy atom. The molecule has 0 unspecified atom stereocenters. The summed E-state index contributed by atoms with van der Waals surface area (Å²) in [7, 11) is -3.48. The highest BCUT2D eigenvalue weighted by molar-refractivity contribution is 9.10. The van der Waals surface area contributed by atoms with Crippen molar-refractivity contribution in [3.8, 4) is 0 Å². The molecule has 1 N–H and O–H groups in total. The van der Waals surface area contributed by atoms with Crippen LogP contribution in [0.4, 0.5) is 0 Å². The van der Waals surface area contributed by atoms with E-state index in [4.69, 9.17) is 0 Å². The summed E-state index contributed by atoms with van der Waals surface area (Å²) < 4.78 is 27.8. The van der Waals surface area contributed by atoms with Gasteiger partial charge in [0, 0.05) is 30.0 Å². The van der Waals surface area contributed by atoms with Crippen LogP contribution in [0.2, 0.25) is 0 Å². The Balaban J connectivity index is 1.42. The predicted molar refractivity (Wildman–Crippen MR) is 109 cm³/mol. The van der Waals surface area contributed by atoms with Gasteiger partial charge in [-0.3, -0.25) is 4.79 Å². The number of sulfonamides is 1. The van der Waals surface area contributed by atoms with E-state index in [9.17, 15) is 13.2 Å². The zero-order valence-corrected chi connectivity index (χ0v) is 18.0. The van der Waals surface area contributed by atoms with Gasteiger partial charge in [0.1, 0.15) is 0 Å². The number of amides is 1. The molecule has 0 spiro atoms. The summed E-state index contributed by atoms with van der Waals surface area (Å²) in [4.78, 5) is 15.1. The summed E-state index contributed by atoms with van der Waals surface area (Å²) in [5.41, 5.74) is 0. The van der Waals surface area contributed by atoms with Crippen LogP contribution in [0.5, 0.6) is 0 Å². The fraction of sp³-hybridized carbons (Fsp3) is 0.632. The molecule has 27 heavy (non-hydrogen) atoms. The highest BCUT2D eigenvalue weighted by Gasteiger charge is 2.31. The molecule has 3 rings (SSSR count). The second-order valence-electron chi connectivity index (χ2n) is 7.33. The van der Waals surface area contributed by atoms with E-state index >= 15 is 0 Å². The van der Waals surface area contributed by atoms with Gasteiger partial charge in [-0.15, -0.1) is 0 Å². The van der Waals surface area contributed by atoms with Crippen LogP contribution < -0.4 is 5.32 Å². The van der Waals surface area contributed by atoms with E-state index in [1.54, 1.807) is 24.3 Å². The molecule has 6 nitrogen and oxygen atoms in total. The minimum Gasteiger partial charge on any atom is -0.356 e. The van der Waals surface area contributed by atoms with E-state index in [2.05, 4.69) is 26.1 Å². The SMILES string of the molecule is O=C(NCCCN1CCCC1)C1CCN(S(=O)(=O)c2ccc(Br)cc2)CC1. The average Bonchev–Trinajstić information content (AvgIpc) is 3.19. The van der Waals surface area contributed by atoms with Crippen molar-refractivity contribution in [1.82, 2.24) is 14.5 Å². The molecule has 2 saturated heterocycles. The number of carbonyl (C=O) groups is 1. The summed E-state index contributed by atoms with van der Waals surface area (Å²) in [6.07, 6.45) is 4.70. The Hall–Kier alpha value is -0.960. The Labute approximate surface area is 170 Å². The minimum absolute atomic E-state index is 0.0668. The van der Waals surface area contributed by atoms with Gasteiger partial charge in [0.25, 0.3) is 0 Å². The molecule has 0 radical (unpaired) electrons. The summed E-state index contributed by atoms with van der Waals surface area (Å²) in [6, 6.07) is 6.68. The number of hydrogen-bond donors (Lipinski definition) is 1. The third-order valence-corrected chi connectivity index (χ3v) is 7.87. The minimum atomic E-state index is -3.48. The first kappa shape index (κ1) is 20.8. The van der Waals surface area contributed by atoms with Crippen molar-refractivity contribution in [3.63, 3.8) is 0 Å². The van der Waals surface area contributed by atoms with Gasteiger partial charge in [0.15, 0.2) is 0 Å². The monoisotopic (exact) mass is 457 g/mol. The first-order chi connectivity index (χ1) is 13.0. The van der Waals surface area contributed by atoms with Crippen LogP contribution >= 0.6 is 15.9 Å². The van der Waals surface area contributed by atoms with E-state index in [-0.39, 0.29) is 11.8 Å². The van der Waals surface area contributed by atoms with Crippen molar-refractivity contribution in [3.05, 3.63) is 28.7 Å². The molecule has 2 aliphatic rings. The van der Waals surface area contributed by atoms with E-state index in [0.717, 1.165) is 17.4 Å². The Morgan fingerprint density at radius 3 is 2.33 bits per heavy atom. The normalized spacial score (nSPS) is 20.0. The summed E-state index contributed by atoms with van der Waals surface area (Å²) in [6.45, 7) is 4.89. The molecule has 0 aromatic heterocycles. The lowest BCUT2D eigenvalue weighted by atomic mass is 9.97. The summed E-state index contributed by atoms with van der Waals surface area (Å²) >= 11 is 3.32. The molecule has 2 fully saturated rings.